The number of halogens is 1. The summed E-state index contributed by atoms with van der Waals surface area (Å²) in [6, 6.07) is 0. The van der Waals surface area contributed by atoms with E-state index in [0.29, 0.717) is 12.5 Å². The lowest BCUT2D eigenvalue weighted by Gasteiger charge is -1.97. The van der Waals surface area contributed by atoms with Crippen molar-refractivity contribution in [3.8, 4) is 24.2 Å². The molecular weight excluding hydrogens is 164 g/mol. The minimum atomic E-state index is 0.182. The maximum atomic E-state index is 5.28. The molecule has 0 aliphatic rings. The molecule has 0 amide bonds. The first-order valence-electron chi connectivity index (χ1n) is 3.02. The summed E-state index contributed by atoms with van der Waals surface area (Å²) < 4.78 is 9.69. The zero-order chi connectivity index (χ0) is 8.36. The van der Waals surface area contributed by atoms with E-state index in [1.807, 2.05) is 0 Å². The van der Waals surface area contributed by atoms with Gasteiger partial charge in [0.1, 0.15) is 20.0 Å². The highest BCUT2D eigenvalue weighted by atomic mass is 35.5. The van der Waals surface area contributed by atoms with E-state index in [9.17, 15) is 0 Å². The molecule has 0 aliphatic heterocycles. The van der Waals surface area contributed by atoms with Crippen molar-refractivity contribution in [1.82, 2.24) is 0 Å². The minimum Gasteiger partial charge on any atom is -0.343 e. The van der Waals surface area contributed by atoms with E-state index in [1.54, 1.807) is 0 Å². The molecule has 0 N–H and O–H groups in total. The first-order valence-corrected chi connectivity index (χ1v) is 3.56. The third-order valence-corrected chi connectivity index (χ3v) is 0.852. The lowest BCUT2D eigenvalue weighted by atomic mass is 10.6. The maximum Gasteiger partial charge on any atom is 0.149 e. The molecule has 0 aromatic rings. The van der Waals surface area contributed by atoms with Gasteiger partial charge in [0.25, 0.3) is 0 Å². The number of hydrogen-bond acceptors (Lipinski definition) is 2. The average molecular weight is 173 g/mol. The number of hydrogen-bond donors (Lipinski definition) is 0. The van der Waals surface area contributed by atoms with Gasteiger partial charge in [-0.25, -0.2) is 0 Å². The van der Waals surface area contributed by atoms with Crippen molar-refractivity contribution in [2.24, 2.45) is 0 Å². The molecule has 0 rings (SSSR count). The molecule has 0 unspecified atom stereocenters. The van der Waals surface area contributed by atoms with Crippen molar-refractivity contribution in [2.75, 3.05) is 25.9 Å². The Hall–Kier alpha value is -0.670. The fourth-order valence-electron chi connectivity index (χ4n) is 0.350. The van der Waals surface area contributed by atoms with Crippen LogP contribution in [0.2, 0.25) is 0 Å². The van der Waals surface area contributed by atoms with E-state index in [-0.39, 0.29) is 13.4 Å². The second-order valence-corrected chi connectivity index (χ2v) is 1.77. The molecule has 0 spiro atoms. The van der Waals surface area contributed by atoms with Gasteiger partial charge in [0.2, 0.25) is 0 Å². The van der Waals surface area contributed by atoms with E-state index in [0.717, 1.165) is 0 Å². The van der Waals surface area contributed by atoms with Crippen LogP contribution in [0.4, 0.5) is 0 Å². The summed E-state index contributed by atoms with van der Waals surface area (Å²) >= 11 is 5.28. The summed E-state index contributed by atoms with van der Waals surface area (Å²) in [6.07, 6.45) is 4.91. The number of rotatable bonds is 4. The van der Waals surface area contributed by atoms with Crippen molar-refractivity contribution in [3.63, 3.8) is 0 Å². The van der Waals surface area contributed by atoms with Gasteiger partial charge in [-0.05, 0) is 0 Å². The lowest BCUT2D eigenvalue weighted by molar-refractivity contribution is -0.0294. The highest BCUT2D eigenvalue weighted by Gasteiger charge is 1.81. The Labute approximate surface area is 71.8 Å². The van der Waals surface area contributed by atoms with Gasteiger partial charge in [0, 0.05) is 0 Å². The summed E-state index contributed by atoms with van der Waals surface area (Å²) in [4.78, 5) is 0. The molecule has 0 radical (unpaired) electrons. The summed E-state index contributed by atoms with van der Waals surface area (Å²) in [5.74, 6) is 7.95. The second kappa shape index (κ2) is 9.33. The van der Waals surface area contributed by atoms with Gasteiger partial charge in [-0.1, -0.05) is 17.8 Å². The van der Waals surface area contributed by atoms with Crippen LogP contribution in [0.3, 0.4) is 0 Å². The van der Waals surface area contributed by atoms with Crippen LogP contribution in [-0.2, 0) is 9.47 Å². The number of terminal acetylenes is 1. The fourth-order valence-corrected chi connectivity index (χ4v) is 0.445. The molecule has 2 nitrogen and oxygen atoms in total. The molecule has 0 heterocycles. The summed E-state index contributed by atoms with van der Waals surface area (Å²) in [6.45, 7) is 0.779. The van der Waals surface area contributed by atoms with Crippen molar-refractivity contribution < 1.29 is 9.47 Å². The van der Waals surface area contributed by atoms with Gasteiger partial charge in [0.15, 0.2) is 0 Å². The topological polar surface area (TPSA) is 18.5 Å². The van der Waals surface area contributed by atoms with E-state index in [2.05, 4.69) is 17.8 Å². The van der Waals surface area contributed by atoms with Crippen LogP contribution in [0.25, 0.3) is 0 Å². The third-order valence-electron chi connectivity index (χ3n) is 0.718. The minimum absolute atomic E-state index is 0.182. The molecule has 0 saturated carbocycles. The standard InChI is InChI=1S/C8H9ClO2/c1-2-6-10-8-11-7-4-3-5-9/h1H,5-8H2. The normalized spacial score (nSPS) is 8.00. The SMILES string of the molecule is C#CCOCOCC#CCCl. The van der Waals surface area contributed by atoms with Crippen LogP contribution in [0.5, 0.6) is 0 Å². The number of ether oxygens (including phenoxy) is 2. The van der Waals surface area contributed by atoms with E-state index >= 15 is 0 Å². The predicted octanol–water partition coefficient (Wildman–Crippen LogP) is 0.853. The largest absolute Gasteiger partial charge is 0.343 e. The Morgan fingerprint density at radius 3 is 2.55 bits per heavy atom. The van der Waals surface area contributed by atoms with Crippen LogP contribution in [0, 0.1) is 24.2 Å². The Bertz CT molecular complexity index is 173. The van der Waals surface area contributed by atoms with Gasteiger partial charge in [-0.15, -0.1) is 18.0 Å². The Kier molecular flexibility index (Phi) is 8.76. The first-order chi connectivity index (χ1) is 5.41. The Balaban J connectivity index is 2.97. The molecule has 0 fully saturated rings. The van der Waals surface area contributed by atoms with E-state index in [4.69, 9.17) is 27.5 Å². The first kappa shape index (κ1) is 10.3. The van der Waals surface area contributed by atoms with Crippen molar-refractivity contribution in [3.05, 3.63) is 0 Å². The zero-order valence-corrected chi connectivity index (χ0v) is 6.86. The van der Waals surface area contributed by atoms with Gasteiger partial charge >= 0.3 is 0 Å². The third kappa shape index (κ3) is 9.33. The summed E-state index contributed by atoms with van der Waals surface area (Å²) in [5.41, 5.74) is 0. The van der Waals surface area contributed by atoms with Gasteiger partial charge in [-0.2, -0.15) is 0 Å². The summed E-state index contributed by atoms with van der Waals surface area (Å²) in [5, 5.41) is 0. The van der Waals surface area contributed by atoms with Crippen LogP contribution in [0.15, 0.2) is 0 Å². The molecule has 3 heteroatoms. The molecule has 0 aromatic heterocycles. The van der Waals surface area contributed by atoms with E-state index in [1.165, 1.54) is 0 Å². The van der Waals surface area contributed by atoms with E-state index < -0.39 is 0 Å². The second-order valence-electron chi connectivity index (χ2n) is 1.51. The molecule has 11 heavy (non-hydrogen) atoms. The van der Waals surface area contributed by atoms with Gasteiger partial charge in [-0.3, -0.25) is 0 Å². The van der Waals surface area contributed by atoms with Crippen molar-refractivity contribution in [1.29, 1.82) is 0 Å². The molecule has 60 valence electrons. The molecule has 0 bridgehead atoms. The Morgan fingerprint density at radius 2 is 1.91 bits per heavy atom. The predicted molar refractivity (Wildman–Crippen MR) is 44.1 cm³/mol. The van der Waals surface area contributed by atoms with Gasteiger partial charge < -0.3 is 9.47 Å². The monoisotopic (exact) mass is 172 g/mol. The highest BCUT2D eigenvalue weighted by molar-refractivity contribution is 6.19. The fraction of sp³-hybridized carbons (Fsp3) is 0.500. The van der Waals surface area contributed by atoms with Crippen LogP contribution < -0.4 is 0 Å². The zero-order valence-electron chi connectivity index (χ0n) is 6.10. The maximum absolute atomic E-state index is 5.28. The van der Waals surface area contributed by atoms with Crippen LogP contribution in [0.1, 0.15) is 0 Å². The quantitative estimate of drug-likeness (QED) is 0.271. The average Bonchev–Trinajstić information content (AvgIpc) is 2.03. The van der Waals surface area contributed by atoms with Gasteiger partial charge in [0.05, 0.1) is 5.88 Å². The number of alkyl halides is 1. The summed E-state index contributed by atoms with van der Waals surface area (Å²) in [7, 11) is 0. The van der Waals surface area contributed by atoms with Crippen LogP contribution in [-0.4, -0.2) is 25.9 Å². The molecule has 0 aliphatic carbocycles. The smallest absolute Gasteiger partial charge is 0.149 e. The van der Waals surface area contributed by atoms with Crippen molar-refractivity contribution >= 4 is 11.6 Å². The Morgan fingerprint density at radius 1 is 1.18 bits per heavy atom. The highest BCUT2D eigenvalue weighted by Crippen LogP contribution is 1.76. The van der Waals surface area contributed by atoms with Crippen molar-refractivity contribution in [2.45, 2.75) is 0 Å². The lowest BCUT2D eigenvalue weighted by Crippen LogP contribution is -2.00. The molecule has 0 atom stereocenters. The molecule has 0 saturated heterocycles. The molecular formula is C8H9ClO2. The molecule has 0 aromatic carbocycles. The van der Waals surface area contributed by atoms with Crippen LogP contribution >= 0.6 is 11.6 Å².